The van der Waals surface area contributed by atoms with E-state index in [2.05, 4.69) is 17.4 Å². The van der Waals surface area contributed by atoms with Crippen LogP contribution in [0.25, 0.3) is 0 Å². The highest BCUT2D eigenvalue weighted by molar-refractivity contribution is 5.68. The van der Waals surface area contributed by atoms with Crippen molar-refractivity contribution >= 4 is 6.09 Å². The van der Waals surface area contributed by atoms with Crippen LogP contribution >= 0.6 is 0 Å². The number of ether oxygens (including phenoxy) is 1. The van der Waals surface area contributed by atoms with E-state index in [1.54, 1.807) is 0 Å². The maximum atomic E-state index is 11.8. The van der Waals surface area contributed by atoms with Crippen molar-refractivity contribution in [1.29, 1.82) is 0 Å². The minimum atomic E-state index is -0.450. The molecule has 0 heterocycles. The highest BCUT2D eigenvalue weighted by atomic mass is 16.6. The van der Waals surface area contributed by atoms with Crippen LogP contribution in [0.1, 0.15) is 45.2 Å². The lowest BCUT2D eigenvalue weighted by atomic mass is 10.0. The van der Waals surface area contributed by atoms with Gasteiger partial charge in [-0.15, -0.1) is 0 Å². The number of hydrogen-bond acceptors (Lipinski definition) is 2. The van der Waals surface area contributed by atoms with Crippen LogP contribution in [0.5, 0.6) is 0 Å². The second-order valence-corrected chi connectivity index (χ2v) is 5.87. The van der Waals surface area contributed by atoms with Crippen molar-refractivity contribution in [3.05, 3.63) is 35.9 Å². The molecule has 3 nitrogen and oxygen atoms in total. The number of carbonyl (C=O) groups is 1. The summed E-state index contributed by atoms with van der Waals surface area (Å²) in [6, 6.07) is 10.2. The number of rotatable bonds is 3. The van der Waals surface area contributed by atoms with Crippen molar-refractivity contribution in [2.75, 3.05) is 0 Å². The Hall–Kier alpha value is -1.51. The van der Waals surface area contributed by atoms with Gasteiger partial charge in [0.2, 0.25) is 0 Å². The van der Waals surface area contributed by atoms with Gasteiger partial charge in [-0.2, -0.15) is 0 Å². The second-order valence-electron chi connectivity index (χ2n) is 5.87. The first-order valence-electron chi connectivity index (χ1n) is 6.50. The molecule has 0 aliphatic heterocycles. The molecule has 3 heteroatoms. The standard InChI is InChI=1S/C15H21NO2/c1-15(2,3)18-14(17)16-13(12-9-10-12)11-7-5-4-6-8-11/h4-8,12-13H,9-10H2,1-3H3,(H,16,17). The van der Waals surface area contributed by atoms with Crippen LogP contribution in [0.3, 0.4) is 0 Å². The summed E-state index contributed by atoms with van der Waals surface area (Å²) in [5, 5.41) is 2.99. The van der Waals surface area contributed by atoms with Gasteiger partial charge in [-0.05, 0) is 45.1 Å². The summed E-state index contributed by atoms with van der Waals surface area (Å²) in [4.78, 5) is 11.8. The summed E-state index contributed by atoms with van der Waals surface area (Å²) < 4.78 is 5.32. The maximum absolute atomic E-state index is 11.8. The molecule has 1 aliphatic carbocycles. The molecule has 1 amide bonds. The van der Waals surface area contributed by atoms with E-state index in [0.29, 0.717) is 5.92 Å². The number of hydrogen-bond donors (Lipinski definition) is 1. The molecule has 1 aromatic carbocycles. The predicted octanol–water partition coefficient (Wildman–Crippen LogP) is 3.66. The van der Waals surface area contributed by atoms with E-state index >= 15 is 0 Å². The Labute approximate surface area is 109 Å². The first kappa shape index (κ1) is 12.9. The van der Waals surface area contributed by atoms with E-state index < -0.39 is 5.60 Å². The van der Waals surface area contributed by atoms with Gasteiger partial charge in [-0.1, -0.05) is 30.3 Å². The Balaban J connectivity index is 2.02. The summed E-state index contributed by atoms with van der Waals surface area (Å²) in [6.07, 6.45) is 2.02. The van der Waals surface area contributed by atoms with Crippen LogP contribution in [-0.4, -0.2) is 11.7 Å². The molecule has 1 aromatic rings. The lowest BCUT2D eigenvalue weighted by molar-refractivity contribution is 0.0497. The fraction of sp³-hybridized carbons (Fsp3) is 0.533. The molecule has 0 radical (unpaired) electrons. The molecule has 1 atom stereocenters. The largest absolute Gasteiger partial charge is 0.444 e. The highest BCUT2D eigenvalue weighted by Crippen LogP contribution is 2.41. The van der Waals surface area contributed by atoms with Crippen LogP contribution in [0, 0.1) is 5.92 Å². The van der Waals surface area contributed by atoms with E-state index in [1.807, 2.05) is 39.0 Å². The van der Waals surface area contributed by atoms with Crippen molar-refractivity contribution in [3.8, 4) is 0 Å². The Morgan fingerprint density at radius 3 is 2.39 bits per heavy atom. The van der Waals surface area contributed by atoms with Crippen LogP contribution in [-0.2, 0) is 4.74 Å². The lowest BCUT2D eigenvalue weighted by Crippen LogP contribution is -2.35. The van der Waals surface area contributed by atoms with E-state index in [1.165, 1.54) is 12.8 Å². The van der Waals surface area contributed by atoms with E-state index in [9.17, 15) is 4.79 Å². The van der Waals surface area contributed by atoms with Crippen molar-refractivity contribution in [2.24, 2.45) is 5.92 Å². The summed E-state index contributed by atoms with van der Waals surface area (Å²) in [6.45, 7) is 5.63. The van der Waals surface area contributed by atoms with Crippen molar-refractivity contribution in [3.63, 3.8) is 0 Å². The quantitative estimate of drug-likeness (QED) is 0.885. The Bertz CT molecular complexity index is 404. The smallest absolute Gasteiger partial charge is 0.408 e. The third-order valence-corrected chi connectivity index (χ3v) is 2.92. The van der Waals surface area contributed by atoms with E-state index in [0.717, 1.165) is 5.56 Å². The highest BCUT2D eigenvalue weighted by Gasteiger charge is 2.34. The van der Waals surface area contributed by atoms with Gasteiger partial charge in [0, 0.05) is 0 Å². The summed E-state index contributed by atoms with van der Waals surface area (Å²) >= 11 is 0. The normalized spacial score (nSPS) is 17.1. The number of nitrogens with one attached hydrogen (secondary N) is 1. The van der Waals surface area contributed by atoms with E-state index in [-0.39, 0.29) is 12.1 Å². The predicted molar refractivity (Wildman–Crippen MR) is 71.3 cm³/mol. The molecule has 1 fully saturated rings. The van der Waals surface area contributed by atoms with Crippen LogP contribution < -0.4 is 5.32 Å². The minimum Gasteiger partial charge on any atom is -0.444 e. The Kier molecular flexibility index (Phi) is 3.60. The third-order valence-electron chi connectivity index (χ3n) is 2.92. The Morgan fingerprint density at radius 1 is 1.28 bits per heavy atom. The molecule has 98 valence electrons. The lowest BCUT2D eigenvalue weighted by Gasteiger charge is -2.23. The SMILES string of the molecule is CC(C)(C)OC(=O)NC(c1ccccc1)C1CC1. The molecule has 18 heavy (non-hydrogen) atoms. The van der Waals surface area contributed by atoms with Gasteiger partial charge in [-0.25, -0.2) is 4.79 Å². The fourth-order valence-corrected chi connectivity index (χ4v) is 2.00. The van der Waals surface area contributed by atoms with Crippen molar-refractivity contribution < 1.29 is 9.53 Å². The van der Waals surface area contributed by atoms with Gasteiger partial charge in [0.05, 0.1) is 6.04 Å². The molecule has 1 aliphatic rings. The molecule has 1 saturated carbocycles. The monoisotopic (exact) mass is 247 g/mol. The maximum Gasteiger partial charge on any atom is 0.408 e. The average molecular weight is 247 g/mol. The van der Waals surface area contributed by atoms with Gasteiger partial charge >= 0.3 is 6.09 Å². The minimum absolute atomic E-state index is 0.0843. The van der Waals surface area contributed by atoms with Crippen LogP contribution in [0.15, 0.2) is 30.3 Å². The number of carbonyl (C=O) groups excluding carboxylic acids is 1. The van der Waals surface area contributed by atoms with Gasteiger partial charge in [0.1, 0.15) is 5.60 Å². The molecular formula is C15H21NO2. The second kappa shape index (κ2) is 5.01. The molecule has 0 spiro atoms. The molecule has 0 saturated heterocycles. The molecule has 2 rings (SSSR count). The molecule has 1 N–H and O–H groups in total. The number of alkyl carbamates (subject to hydrolysis) is 1. The van der Waals surface area contributed by atoms with Crippen LogP contribution in [0.2, 0.25) is 0 Å². The van der Waals surface area contributed by atoms with Crippen molar-refractivity contribution in [2.45, 2.75) is 45.3 Å². The molecular weight excluding hydrogens is 226 g/mol. The topological polar surface area (TPSA) is 38.3 Å². The summed E-state index contributed by atoms with van der Waals surface area (Å²) in [5.74, 6) is 0.555. The zero-order valence-corrected chi connectivity index (χ0v) is 11.3. The average Bonchev–Trinajstić information content (AvgIpc) is 3.08. The van der Waals surface area contributed by atoms with Gasteiger partial charge < -0.3 is 10.1 Å². The van der Waals surface area contributed by atoms with Crippen LogP contribution in [0.4, 0.5) is 4.79 Å². The zero-order chi connectivity index (χ0) is 13.2. The van der Waals surface area contributed by atoms with Gasteiger partial charge in [0.25, 0.3) is 0 Å². The number of amides is 1. The Morgan fingerprint density at radius 2 is 1.89 bits per heavy atom. The first-order chi connectivity index (χ1) is 8.46. The molecule has 1 unspecified atom stereocenters. The third kappa shape index (κ3) is 3.76. The van der Waals surface area contributed by atoms with Crippen molar-refractivity contribution in [1.82, 2.24) is 5.32 Å². The summed E-state index contributed by atoms with van der Waals surface area (Å²) in [7, 11) is 0. The fourth-order valence-electron chi connectivity index (χ4n) is 2.00. The van der Waals surface area contributed by atoms with Gasteiger partial charge in [0.15, 0.2) is 0 Å². The molecule has 0 aromatic heterocycles. The van der Waals surface area contributed by atoms with E-state index in [4.69, 9.17) is 4.74 Å². The van der Waals surface area contributed by atoms with Gasteiger partial charge in [-0.3, -0.25) is 0 Å². The first-order valence-corrected chi connectivity index (χ1v) is 6.50. The number of benzene rings is 1. The zero-order valence-electron chi connectivity index (χ0n) is 11.3. The molecule has 0 bridgehead atoms. The summed E-state index contributed by atoms with van der Waals surface area (Å²) in [5.41, 5.74) is 0.709.